The molecule has 1 N–H and O–H groups in total. The molecule has 0 spiro atoms. The van der Waals surface area contributed by atoms with E-state index in [4.69, 9.17) is 16.3 Å². The second-order valence-corrected chi connectivity index (χ2v) is 7.44. The van der Waals surface area contributed by atoms with Gasteiger partial charge in [-0.15, -0.1) is 0 Å². The fraction of sp³-hybridized carbons (Fsp3) is 0.381. The molecule has 0 bridgehead atoms. The molecule has 1 saturated heterocycles. The molecule has 1 aliphatic rings. The number of anilines is 2. The Morgan fingerprint density at radius 3 is 2.59 bits per heavy atom. The molecule has 29 heavy (non-hydrogen) atoms. The van der Waals surface area contributed by atoms with Gasteiger partial charge in [0.25, 0.3) is 0 Å². The fourth-order valence-corrected chi connectivity index (χ4v) is 3.74. The molecule has 8 heteroatoms. The summed E-state index contributed by atoms with van der Waals surface area (Å²) in [6.07, 6.45) is 1.58. The second-order valence-electron chi connectivity index (χ2n) is 7.08. The van der Waals surface area contributed by atoms with Crippen LogP contribution in [0.15, 0.2) is 42.6 Å². The Labute approximate surface area is 175 Å². The first-order chi connectivity index (χ1) is 13.9. The summed E-state index contributed by atoms with van der Waals surface area (Å²) in [4.78, 5) is 32.7. The number of esters is 1. The van der Waals surface area contributed by atoms with Crippen LogP contribution >= 0.6 is 11.6 Å². The van der Waals surface area contributed by atoms with Crippen LogP contribution < -0.4 is 10.2 Å². The van der Waals surface area contributed by atoms with E-state index in [1.54, 1.807) is 30.5 Å². The first-order valence-corrected chi connectivity index (χ1v) is 9.89. The number of ether oxygens (including phenoxy) is 1. The highest BCUT2D eigenvalue weighted by Gasteiger charge is 2.31. The van der Waals surface area contributed by atoms with E-state index in [0.29, 0.717) is 11.3 Å². The van der Waals surface area contributed by atoms with E-state index in [1.165, 1.54) is 7.11 Å². The Morgan fingerprint density at radius 1 is 1.24 bits per heavy atom. The summed E-state index contributed by atoms with van der Waals surface area (Å²) in [6.45, 7) is 6.32. The normalized spacial score (nSPS) is 18.2. The Morgan fingerprint density at radius 2 is 1.97 bits per heavy atom. The van der Waals surface area contributed by atoms with Crippen molar-refractivity contribution in [3.8, 4) is 0 Å². The van der Waals surface area contributed by atoms with Gasteiger partial charge in [-0.25, -0.2) is 9.78 Å². The largest absolute Gasteiger partial charge is 0.465 e. The maximum Gasteiger partial charge on any atom is 0.337 e. The van der Waals surface area contributed by atoms with Crippen LogP contribution in [-0.4, -0.2) is 60.6 Å². The van der Waals surface area contributed by atoms with Crippen molar-refractivity contribution in [3.05, 3.63) is 53.3 Å². The SMILES string of the molecule is COC(=O)c1ccc(N2CCN(C(C)C(=O)Nc3cccnc3Cl)C(C)C2)cc1. The molecule has 2 heterocycles. The molecule has 2 atom stereocenters. The predicted molar refractivity (Wildman–Crippen MR) is 114 cm³/mol. The third-order valence-corrected chi connectivity index (χ3v) is 5.53. The lowest BCUT2D eigenvalue weighted by molar-refractivity contribution is -0.121. The van der Waals surface area contributed by atoms with E-state index in [9.17, 15) is 9.59 Å². The van der Waals surface area contributed by atoms with Crippen molar-refractivity contribution in [1.82, 2.24) is 9.88 Å². The highest BCUT2D eigenvalue weighted by atomic mass is 35.5. The first kappa shape index (κ1) is 21.1. The van der Waals surface area contributed by atoms with Crippen LogP contribution in [-0.2, 0) is 9.53 Å². The quantitative estimate of drug-likeness (QED) is 0.596. The highest BCUT2D eigenvalue weighted by Crippen LogP contribution is 2.23. The number of amides is 1. The van der Waals surface area contributed by atoms with Crippen LogP contribution in [0, 0.1) is 0 Å². The van der Waals surface area contributed by atoms with E-state index < -0.39 is 0 Å². The Kier molecular flexibility index (Phi) is 6.71. The molecule has 1 aliphatic heterocycles. The molecule has 1 aromatic heterocycles. The van der Waals surface area contributed by atoms with E-state index in [2.05, 4.69) is 27.0 Å². The number of piperazine rings is 1. The van der Waals surface area contributed by atoms with Crippen molar-refractivity contribution in [2.75, 3.05) is 37.0 Å². The molecule has 1 fully saturated rings. The van der Waals surface area contributed by atoms with E-state index in [0.717, 1.165) is 25.3 Å². The first-order valence-electron chi connectivity index (χ1n) is 9.51. The predicted octanol–water partition coefficient (Wildman–Crippen LogP) is 3.06. The summed E-state index contributed by atoms with van der Waals surface area (Å²) in [5.74, 6) is -0.453. The average Bonchev–Trinajstić information content (AvgIpc) is 2.74. The summed E-state index contributed by atoms with van der Waals surface area (Å²) in [5.41, 5.74) is 2.09. The second kappa shape index (κ2) is 9.24. The fourth-order valence-electron chi connectivity index (χ4n) is 3.57. The van der Waals surface area contributed by atoms with Crippen molar-refractivity contribution in [2.45, 2.75) is 25.9 Å². The van der Waals surface area contributed by atoms with E-state index in [1.807, 2.05) is 19.1 Å². The average molecular weight is 417 g/mol. The van der Waals surface area contributed by atoms with Gasteiger partial charge in [0.2, 0.25) is 5.91 Å². The standard InChI is InChI=1S/C21H25ClN4O3/c1-14-13-25(17-8-6-16(7-9-17)21(28)29-3)11-12-26(14)15(2)20(27)24-18-5-4-10-23-19(18)22/h4-10,14-15H,11-13H2,1-3H3,(H,24,27). The summed E-state index contributed by atoms with van der Waals surface area (Å²) < 4.78 is 4.74. The summed E-state index contributed by atoms with van der Waals surface area (Å²) >= 11 is 6.04. The van der Waals surface area contributed by atoms with Crippen molar-refractivity contribution in [2.24, 2.45) is 0 Å². The molecule has 1 amide bonds. The molecule has 0 saturated carbocycles. The number of methoxy groups -OCH3 is 1. The van der Waals surface area contributed by atoms with Crippen LogP contribution in [0.5, 0.6) is 0 Å². The summed E-state index contributed by atoms with van der Waals surface area (Å²) in [5, 5.41) is 3.14. The third-order valence-electron chi connectivity index (χ3n) is 5.23. The van der Waals surface area contributed by atoms with Crippen molar-refractivity contribution < 1.29 is 14.3 Å². The molecule has 0 aliphatic carbocycles. The molecule has 3 rings (SSSR count). The van der Waals surface area contributed by atoms with Crippen molar-refractivity contribution >= 4 is 34.9 Å². The number of hydrogen-bond acceptors (Lipinski definition) is 6. The van der Waals surface area contributed by atoms with Gasteiger partial charge < -0.3 is 15.0 Å². The minimum atomic E-state index is -0.344. The van der Waals surface area contributed by atoms with Gasteiger partial charge in [0.1, 0.15) is 0 Å². The number of aromatic nitrogens is 1. The van der Waals surface area contributed by atoms with Crippen molar-refractivity contribution in [1.29, 1.82) is 0 Å². The molecule has 7 nitrogen and oxygen atoms in total. The maximum atomic E-state index is 12.7. The molecule has 154 valence electrons. The monoisotopic (exact) mass is 416 g/mol. The molecule has 0 radical (unpaired) electrons. The number of nitrogens with zero attached hydrogens (tertiary/aromatic N) is 3. The number of benzene rings is 1. The molecule has 2 aromatic rings. The lowest BCUT2D eigenvalue weighted by Gasteiger charge is -2.43. The zero-order valence-electron chi connectivity index (χ0n) is 16.8. The zero-order valence-corrected chi connectivity index (χ0v) is 17.5. The van der Waals surface area contributed by atoms with Crippen LogP contribution in [0.1, 0.15) is 24.2 Å². The number of halogens is 1. The Hall–Kier alpha value is -2.64. The van der Waals surface area contributed by atoms with Gasteiger partial charge in [0.15, 0.2) is 5.15 Å². The third kappa shape index (κ3) is 4.86. The zero-order chi connectivity index (χ0) is 21.0. The summed E-state index contributed by atoms with van der Waals surface area (Å²) in [6, 6.07) is 10.7. The number of hydrogen-bond donors (Lipinski definition) is 1. The minimum Gasteiger partial charge on any atom is -0.465 e. The Balaban J connectivity index is 1.61. The van der Waals surface area contributed by atoms with Crippen LogP contribution in [0.3, 0.4) is 0 Å². The number of rotatable bonds is 5. The molecular weight excluding hydrogens is 392 g/mol. The van der Waals surface area contributed by atoms with Crippen LogP contribution in [0.4, 0.5) is 11.4 Å². The maximum absolute atomic E-state index is 12.7. The lowest BCUT2D eigenvalue weighted by atomic mass is 10.1. The topological polar surface area (TPSA) is 74.8 Å². The van der Waals surface area contributed by atoms with Crippen molar-refractivity contribution in [3.63, 3.8) is 0 Å². The highest BCUT2D eigenvalue weighted by molar-refractivity contribution is 6.32. The van der Waals surface area contributed by atoms with Gasteiger partial charge in [0.05, 0.1) is 24.4 Å². The number of pyridine rings is 1. The number of carbonyl (C=O) groups excluding carboxylic acids is 2. The van der Waals surface area contributed by atoms with Gasteiger partial charge in [0, 0.05) is 37.6 Å². The van der Waals surface area contributed by atoms with Crippen LogP contribution in [0.25, 0.3) is 0 Å². The molecule has 2 unspecified atom stereocenters. The number of nitrogens with one attached hydrogen (secondary N) is 1. The van der Waals surface area contributed by atoms with E-state index in [-0.39, 0.29) is 29.1 Å². The van der Waals surface area contributed by atoms with Gasteiger partial charge in [-0.3, -0.25) is 9.69 Å². The van der Waals surface area contributed by atoms with E-state index >= 15 is 0 Å². The van der Waals surface area contributed by atoms with Gasteiger partial charge >= 0.3 is 5.97 Å². The lowest BCUT2D eigenvalue weighted by Crippen LogP contribution is -2.57. The Bertz CT molecular complexity index is 874. The molecule has 1 aromatic carbocycles. The number of carbonyl (C=O) groups is 2. The van der Waals surface area contributed by atoms with Crippen LogP contribution in [0.2, 0.25) is 5.15 Å². The van der Waals surface area contributed by atoms with Gasteiger partial charge in [-0.2, -0.15) is 0 Å². The summed E-state index contributed by atoms with van der Waals surface area (Å²) in [7, 11) is 1.37. The molecular formula is C21H25ClN4O3. The minimum absolute atomic E-state index is 0.109. The van der Waals surface area contributed by atoms with Gasteiger partial charge in [-0.05, 0) is 50.2 Å². The van der Waals surface area contributed by atoms with Gasteiger partial charge in [-0.1, -0.05) is 11.6 Å². The smallest absolute Gasteiger partial charge is 0.337 e.